The first kappa shape index (κ1) is 23.7. The number of halogens is 3. The third-order valence-electron chi connectivity index (χ3n) is 5.45. The molecule has 4 nitrogen and oxygen atoms in total. The van der Waals surface area contributed by atoms with Gasteiger partial charge in [-0.05, 0) is 67.6 Å². The molecule has 0 atom stereocenters. The molecule has 174 valence electrons. The van der Waals surface area contributed by atoms with Gasteiger partial charge >= 0.3 is 0 Å². The van der Waals surface area contributed by atoms with Crippen LogP contribution in [-0.4, -0.2) is 29.5 Å². The van der Waals surface area contributed by atoms with E-state index in [2.05, 4.69) is 15.9 Å². The van der Waals surface area contributed by atoms with Crippen molar-refractivity contribution in [1.82, 2.24) is 9.47 Å². The molecule has 0 radical (unpaired) electrons. The van der Waals surface area contributed by atoms with E-state index in [0.717, 1.165) is 33.2 Å². The van der Waals surface area contributed by atoms with Crippen molar-refractivity contribution in [2.45, 2.75) is 13.5 Å². The summed E-state index contributed by atoms with van der Waals surface area (Å²) >= 11 is 3.53. The second kappa shape index (κ2) is 9.81. The third-order valence-corrected chi connectivity index (χ3v) is 5.94. The Morgan fingerprint density at radius 1 is 1.00 bits per heavy atom. The molecule has 0 aliphatic carbocycles. The predicted molar refractivity (Wildman–Crippen MR) is 132 cm³/mol. The van der Waals surface area contributed by atoms with E-state index < -0.39 is 11.6 Å². The number of amides is 1. The lowest BCUT2D eigenvalue weighted by Gasteiger charge is -2.17. The normalized spacial score (nSPS) is 10.9. The molecule has 4 aromatic rings. The second-order valence-corrected chi connectivity index (χ2v) is 9.03. The topological polar surface area (TPSA) is 34.5 Å². The van der Waals surface area contributed by atoms with Gasteiger partial charge in [0.15, 0.2) is 0 Å². The molecular formula is C27H23BrF2N2O2. The molecule has 1 aromatic heterocycles. The molecule has 0 N–H and O–H groups in total. The van der Waals surface area contributed by atoms with Crippen molar-refractivity contribution >= 4 is 21.8 Å². The molecule has 1 heterocycles. The number of carbonyl (C=O) groups is 1. The van der Waals surface area contributed by atoms with Crippen LogP contribution in [-0.2, 0) is 6.61 Å². The third kappa shape index (κ3) is 4.89. The highest BCUT2D eigenvalue weighted by Gasteiger charge is 2.17. The molecule has 34 heavy (non-hydrogen) atoms. The summed E-state index contributed by atoms with van der Waals surface area (Å²) in [5.41, 5.74) is 4.29. The van der Waals surface area contributed by atoms with Gasteiger partial charge in [0, 0.05) is 52.7 Å². The van der Waals surface area contributed by atoms with E-state index in [1.807, 2.05) is 54.0 Å². The number of hydrogen-bond acceptors (Lipinski definition) is 2. The number of hydrogen-bond donors (Lipinski definition) is 0. The van der Waals surface area contributed by atoms with Crippen LogP contribution in [0.25, 0.3) is 16.9 Å². The van der Waals surface area contributed by atoms with Crippen LogP contribution in [0.5, 0.6) is 5.75 Å². The van der Waals surface area contributed by atoms with E-state index in [4.69, 9.17) is 4.74 Å². The van der Waals surface area contributed by atoms with Crippen molar-refractivity contribution < 1.29 is 18.3 Å². The summed E-state index contributed by atoms with van der Waals surface area (Å²) in [6, 6.07) is 20.4. The highest BCUT2D eigenvalue weighted by atomic mass is 79.9. The molecular weight excluding hydrogens is 502 g/mol. The number of carbonyl (C=O) groups excluding carboxylic acids is 1. The van der Waals surface area contributed by atoms with Gasteiger partial charge in [-0.15, -0.1) is 0 Å². The van der Waals surface area contributed by atoms with Gasteiger partial charge in [-0.1, -0.05) is 22.0 Å². The maximum Gasteiger partial charge on any atom is 0.253 e. The molecule has 0 aliphatic rings. The lowest BCUT2D eigenvalue weighted by Crippen LogP contribution is -2.21. The molecule has 0 spiro atoms. The highest BCUT2D eigenvalue weighted by Crippen LogP contribution is 2.36. The molecule has 0 aliphatic heterocycles. The van der Waals surface area contributed by atoms with E-state index in [-0.39, 0.29) is 18.1 Å². The van der Waals surface area contributed by atoms with Crippen LogP contribution in [0.1, 0.15) is 21.6 Å². The van der Waals surface area contributed by atoms with Crippen molar-refractivity contribution in [3.8, 4) is 22.7 Å². The average Bonchev–Trinajstić information content (AvgIpc) is 3.19. The SMILES string of the molecule is Cc1ccc(-c2cc(Br)ccc2OCc2ccc(F)cc2F)n1-c1cccc(C(=O)N(C)C)c1. The minimum atomic E-state index is -0.653. The van der Waals surface area contributed by atoms with Crippen LogP contribution in [0, 0.1) is 18.6 Å². The Bertz CT molecular complexity index is 1360. The fourth-order valence-electron chi connectivity index (χ4n) is 3.75. The van der Waals surface area contributed by atoms with Gasteiger partial charge in [0.05, 0.1) is 5.69 Å². The summed E-state index contributed by atoms with van der Waals surface area (Å²) in [6.07, 6.45) is 0. The molecule has 4 rings (SSSR count). The Morgan fingerprint density at radius 3 is 2.53 bits per heavy atom. The molecule has 7 heteroatoms. The number of ether oxygens (including phenoxy) is 1. The zero-order valence-corrected chi connectivity index (χ0v) is 20.6. The van der Waals surface area contributed by atoms with Crippen LogP contribution < -0.4 is 4.74 Å². The lowest BCUT2D eigenvalue weighted by molar-refractivity contribution is 0.0827. The van der Waals surface area contributed by atoms with Crippen molar-refractivity contribution in [3.63, 3.8) is 0 Å². The van der Waals surface area contributed by atoms with Crippen molar-refractivity contribution in [2.75, 3.05) is 14.1 Å². The van der Waals surface area contributed by atoms with Gasteiger partial charge < -0.3 is 14.2 Å². The predicted octanol–water partition coefficient (Wildman–Crippen LogP) is 6.77. The summed E-state index contributed by atoms with van der Waals surface area (Å²) < 4.78 is 36.3. The Balaban J connectivity index is 1.75. The van der Waals surface area contributed by atoms with Crippen molar-refractivity contribution in [3.05, 3.63) is 106 Å². The van der Waals surface area contributed by atoms with E-state index in [0.29, 0.717) is 11.3 Å². The van der Waals surface area contributed by atoms with Crippen LogP contribution in [0.3, 0.4) is 0 Å². The first-order valence-corrected chi connectivity index (χ1v) is 11.4. The minimum absolute atomic E-state index is 0.0484. The first-order valence-electron chi connectivity index (χ1n) is 10.6. The van der Waals surface area contributed by atoms with E-state index in [1.54, 1.807) is 26.2 Å². The number of rotatable bonds is 6. The highest BCUT2D eigenvalue weighted by molar-refractivity contribution is 9.10. The van der Waals surface area contributed by atoms with Gasteiger partial charge in [-0.25, -0.2) is 8.78 Å². The van der Waals surface area contributed by atoms with Gasteiger partial charge in [-0.2, -0.15) is 0 Å². The summed E-state index contributed by atoms with van der Waals surface area (Å²) in [5.74, 6) is -0.818. The fraction of sp³-hybridized carbons (Fsp3) is 0.148. The van der Waals surface area contributed by atoms with E-state index in [9.17, 15) is 13.6 Å². The van der Waals surface area contributed by atoms with Crippen molar-refractivity contribution in [2.24, 2.45) is 0 Å². The minimum Gasteiger partial charge on any atom is -0.488 e. The van der Waals surface area contributed by atoms with Gasteiger partial charge in [0.1, 0.15) is 24.0 Å². The summed E-state index contributed by atoms with van der Waals surface area (Å²) in [6.45, 7) is 1.93. The average molecular weight is 525 g/mol. The lowest BCUT2D eigenvalue weighted by atomic mass is 10.1. The molecule has 0 bridgehead atoms. The molecule has 1 amide bonds. The Hall–Kier alpha value is -3.45. The summed E-state index contributed by atoms with van der Waals surface area (Å²) in [4.78, 5) is 14.0. The smallest absolute Gasteiger partial charge is 0.253 e. The molecule has 0 saturated carbocycles. The number of aromatic nitrogens is 1. The molecule has 0 fully saturated rings. The molecule has 0 unspecified atom stereocenters. The monoisotopic (exact) mass is 524 g/mol. The Kier molecular flexibility index (Phi) is 6.84. The number of benzene rings is 3. The molecule has 0 saturated heterocycles. The summed E-state index contributed by atoms with van der Waals surface area (Å²) in [7, 11) is 3.44. The van der Waals surface area contributed by atoms with Crippen LogP contribution >= 0.6 is 15.9 Å². The quantitative estimate of drug-likeness (QED) is 0.278. The maximum atomic E-state index is 14.1. The van der Waals surface area contributed by atoms with Crippen LogP contribution in [0.15, 0.2) is 77.3 Å². The van der Waals surface area contributed by atoms with Crippen LogP contribution in [0.2, 0.25) is 0 Å². The first-order chi connectivity index (χ1) is 16.2. The van der Waals surface area contributed by atoms with E-state index in [1.165, 1.54) is 17.0 Å². The second-order valence-electron chi connectivity index (χ2n) is 8.11. The molecule has 3 aromatic carbocycles. The Morgan fingerprint density at radius 2 is 1.79 bits per heavy atom. The van der Waals surface area contributed by atoms with Gasteiger partial charge in [-0.3, -0.25) is 4.79 Å². The van der Waals surface area contributed by atoms with Gasteiger partial charge in [0.25, 0.3) is 5.91 Å². The number of aryl methyl sites for hydroxylation is 1. The zero-order valence-electron chi connectivity index (χ0n) is 19.0. The van der Waals surface area contributed by atoms with Crippen LogP contribution in [0.4, 0.5) is 8.78 Å². The largest absolute Gasteiger partial charge is 0.488 e. The standard InChI is InChI=1S/C27H23BrF2N2O2/c1-17-7-11-25(32(17)22-6-4-5-18(13-22)27(33)31(2)3)23-14-20(28)9-12-26(23)34-16-19-8-10-21(29)15-24(19)30/h4-15H,16H2,1-3H3. The number of nitrogens with zero attached hydrogens (tertiary/aromatic N) is 2. The fourth-order valence-corrected chi connectivity index (χ4v) is 4.11. The summed E-state index contributed by atoms with van der Waals surface area (Å²) in [5, 5.41) is 0. The van der Waals surface area contributed by atoms with Gasteiger partial charge in [0.2, 0.25) is 0 Å². The maximum absolute atomic E-state index is 14.1. The zero-order chi connectivity index (χ0) is 24.4. The van der Waals surface area contributed by atoms with E-state index >= 15 is 0 Å². The Labute approximate surface area is 205 Å². The van der Waals surface area contributed by atoms with Crippen molar-refractivity contribution in [1.29, 1.82) is 0 Å².